The number of hydrogen-bond donors (Lipinski definition) is 1. The molecule has 7 nitrogen and oxygen atoms in total. The maximum atomic E-state index is 12.5. The number of nitrogens with zero attached hydrogens (tertiary/aromatic N) is 4. The molecule has 0 saturated carbocycles. The van der Waals surface area contributed by atoms with Gasteiger partial charge in [0.1, 0.15) is 5.60 Å². The van der Waals surface area contributed by atoms with Crippen molar-refractivity contribution in [2.75, 3.05) is 37.4 Å². The van der Waals surface area contributed by atoms with Crippen LogP contribution in [0.5, 0.6) is 0 Å². The molecule has 0 unspecified atom stereocenters. The van der Waals surface area contributed by atoms with Gasteiger partial charge in [-0.05, 0) is 45.7 Å². The van der Waals surface area contributed by atoms with Crippen molar-refractivity contribution in [1.82, 2.24) is 14.9 Å². The van der Waals surface area contributed by atoms with Gasteiger partial charge >= 0.3 is 6.09 Å². The third-order valence-corrected chi connectivity index (χ3v) is 4.72. The van der Waals surface area contributed by atoms with E-state index in [1.54, 1.807) is 4.90 Å². The highest BCUT2D eigenvalue weighted by Crippen LogP contribution is 2.28. The minimum Gasteiger partial charge on any atom is -0.444 e. The first-order valence-electron chi connectivity index (χ1n) is 9.44. The van der Waals surface area contributed by atoms with Crippen LogP contribution in [0.4, 0.5) is 16.4 Å². The van der Waals surface area contributed by atoms with Crippen LogP contribution in [0.15, 0.2) is 24.3 Å². The molecule has 0 bridgehead atoms. The van der Waals surface area contributed by atoms with Gasteiger partial charge in [0, 0.05) is 33.2 Å². The third-order valence-electron chi connectivity index (χ3n) is 4.72. The molecule has 2 heterocycles. The molecule has 1 saturated heterocycles. The fourth-order valence-electron chi connectivity index (χ4n) is 3.34. The zero-order valence-electron chi connectivity index (χ0n) is 16.8. The van der Waals surface area contributed by atoms with E-state index in [9.17, 15) is 4.79 Å². The minimum atomic E-state index is -0.487. The smallest absolute Gasteiger partial charge is 0.410 e. The van der Waals surface area contributed by atoms with Crippen molar-refractivity contribution in [3.8, 4) is 0 Å². The SMILES string of the molecule is CNc1nc2ccccc2nc1N(C)[C@H]1CCCN(C(=O)OC(C)(C)C)C1. The molecule has 27 heavy (non-hydrogen) atoms. The molecule has 1 aliphatic heterocycles. The van der Waals surface area contributed by atoms with E-state index in [-0.39, 0.29) is 12.1 Å². The van der Waals surface area contributed by atoms with Crippen LogP contribution in [0.2, 0.25) is 0 Å². The number of hydrogen-bond acceptors (Lipinski definition) is 6. The van der Waals surface area contributed by atoms with Crippen LogP contribution in [0, 0.1) is 0 Å². The molecule has 0 spiro atoms. The number of likely N-dealkylation sites (tertiary alicyclic amines) is 1. The summed E-state index contributed by atoms with van der Waals surface area (Å²) in [6.45, 7) is 7.01. The molecule has 1 aliphatic rings. The summed E-state index contributed by atoms with van der Waals surface area (Å²) in [5, 5.41) is 3.15. The number of anilines is 2. The van der Waals surface area contributed by atoms with Gasteiger partial charge in [-0.1, -0.05) is 12.1 Å². The number of nitrogens with one attached hydrogen (secondary N) is 1. The molecule has 1 amide bonds. The Morgan fingerprint density at radius 2 is 1.93 bits per heavy atom. The largest absolute Gasteiger partial charge is 0.444 e. The predicted molar refractivity (Wildman–Crippen MR) is 108 cm³/mol. The lowest BCUT2D eigenvalue weighted by Gasteiger charge is -2.38. The number of para-hydroxylation sites is 2. The Hall–Kier alpha value is -2.57. The van der Waals surface area contributed by atoms with E-state index in [2.05, 4.69) is 10.2 Å². The van der Waals surface area contributed by atoms with Crippen molar-refractivity contribution >= 4 is 28.8 Å². The van der Waals surface area contributed by atoms with Crippen LogP contribution in [0.25, 0.3) is 11.0 Å². The van der Waals surface area contributed by atoms with Gasteiger partial charge < -0.3 is 19.9 Å². The van der Waals surface area contributed by atoms with Gasteiger partial charge in [-0.2, -0.15) is 0 Å². The maximum Gasteiger partial charge on any atom is 0.410 e. The summed E-state index contributed by atoms with van der Waals surface area (Å²) in [6.07, 6.45) is 1.68. The van der Waals surface area contributed by atoms with Crippen molar-refractivity contribution in [2.24, 2.45) is 0 Å². The molecule has 2 aromatic rings. The Morgan fingerprint density at radius 3 is 2.56 bits per heavy atom. The molecule has 0 aliphatic carbocycles. The number of carbonyl (C=O) groups is 1. The normalized spacial score (nSPS) is 17.7. The van der Waals surface area contributed by atoms with Crippen molar-refractivity contribution in [3.05, 3.63) is 24.3 Å². The molecule has 3 rings (SSSR count). The Bertz CT molecular complexity index is 818. The lowest BCUT2D eigenvalue weighted by molar-refractivity contribution is 0.0199. The summed E-state index contributed by atoms with van der Waals surface area (Å²) < 4.78 is 5.54. The van der Waals surface area contributed by atoms with E-state index in [1.165, 1.54) is 0 Å². The Kier molecular flexibility index (Phi) is 5.39. The third kappa shape index (κ3) is 4.40. The number of amides is 1. The second kappa shape index (κ2) is 7.58. The van der Waals surface area contributed by atoms with Crippen LogP contribution in [0.1, 0.15) is 33.6 Å². The van der Waals surface area contributed by atoms with Gasteiger partial charge in [-0.15, -0.1) is 0 Å². The number of carbonyl (C=O) groups excluding carboxylic acids is 1. The summed E-state index contributed by atoms with van der Waals surface area (Å²) in [6, 6.07) is 8.00. The lowest BCUT2D eigenvalue weighted by atomic mass is 10.0. The number of benzene rings is 1. The Morgan fingerprint density at radius 1 is 1.26 bits per heavy atom. The van der Waals surface area contributed by atoms with E-state index < -0.39 is 5.60 Å². The van der Waals surface area contributed by atoms with Gasteiger partial charge in [0.05, 0.1) is 11.0 Å². The van der Waals surface area contributed by atoms with Crippen LogP contribution in [-0.4, -0.2) is 59.8 Å². The monoisotopic (exact) mass is 371 g/mol. The topological polar surface area (TPSA) is 70.6 Å². The number of likely N-dealkylation sites (N-methyl/N-ethyl adjacent to an activating group) is 1. The molecule has 1 aromatic heterocycles. The summed E-state index contributed by atoms with van der Waals surface area (Å²) in [5.74, 6) is 1.54. The molecule has 1 fully saturated rings. The summed E-state index contributed by atoms with van der Waals surface area (Å²) in [7, 11) is 3.87. The number of rotatable bonds is 3. The fraction of sp³-hybridized carbons (Fsp3) is 0.550. The van der Waals surface area contributed by atoms with E-state index in [0.717, 1.165) is 42.1 Å². The second-order valence-electron chi connectivity index (χ2n) is 7.97. The summed E-state index contributed by atoms with van der Waals surface area (Å²) >= 11 is 0. The molecular weight excluding hydrogens is 342 g/mol. The summed E-state index contributed by atoms with van der Waals surface area (Å²) in [4.78, 5) is 25.9. The zero-order chi connectivity index (χ0) is 19.6. The van der Waals surface area contributed by atoms with Crippen LogP contribution < -0.4 is 10.2 Å². The van der Waals surface area contributed by atoms with Gasteiger partial charge in [0.25, 0.3) is 0 Å². The van der Waals surface area contributed by atoms with Crippen molar-refractivity contribution in [1.29, 1.82) is 0 Å². The first kappa shape index (κ1) is 19.2. The standard InChI is InChI=1S/C20H29N5O2/c1-20(2,3)27-19(26)25-12-8-9-14(13-25)24(5)18-17(21-4)22-15-10-6-7-11-16(15)23-18/h6-7,10-11,14H,8-9,12-13H2,1-5H3,(H,21,22)/t14-/m0/s1. The van der Waals surface area contributed by atoms with Crippen molar-refractivity contribution in [2.45, 2.75) is 45.3 Å². The maximum absolute atomic E-state index is 12.5. The highest BCUT2D eigenvalue weighted by Gasteiger charge is 2.30. The quantitative estimate of drug-likeness (QED) is 0.890. The molecule has 146 valence electrons. The van der Waals surface area contributed by atoms with Gasteiger partial charge in [-0.25, -0.2) is 14.8 Å². The number of aromatic nitrogens is 2. The highest BCUT2D eigenvalue weighted by atomic mass is 16.6. The molecule has 1 aromatic carbocycles. The minimum absolute atomic E-state index is 0.161. The average Bonchev–Trinajstić information content (AvgIpc) is 2.65. The number of piperidine rings is 1. The Labute approximate surface area is 160 Å². The first-order valence-corrected chi connectivity index (χ1v) is 9.44. The lowest BCUT2D eigenvalue weighted by Crippen LogP contribution is -2.50. The molecule has 1 atom stereocenters. The van der Waals surface area contributed by atoms with Crippen LogP contribution >= 0.6 is 0 Å². The van der Waals surface area contributed by atoms with E-state index in [4.69, 9.17) is 14.7 Å². The van der Waals surface area contributed by atoms with E-state index in [0.29, 0.717) is 6.54 Å². The van der Waals surface area contributed by atoms with Crippen molar-refractivity contribution < 1.29 is 9.53 Å². The van der Waals surface area contributed by atoms with Crippen molar-refractivity contribution in [3.63, 3.8) is 0 Å². The van der Waals surface area contributed by atoms with Crippen LogP contribution in [-0.2, 0) is 4.74 Å². The molecule has 0 radical (unpaired) electrons. The number of ether oxygens (including phenoxy) is 1. The first-order chi connectivity index (χ1) is 12.8. The second-order valence-corrected chi connectivity index (χ2v) is 7.97. The van der Waals surface area contributed by atoms with E-state index >= 15 is 0 Å². The molecule has 1 N–H and O–H groups in total. The Balaban J connectivity index is 1.81. The van der Waals surface area contributed by atoms with Crippen LogP contribution in [0.3, 0.4) is 0 Å². The predicted octanol–water partition coefficient (Wildman–Crippen LogP) is 3.51. The fourth-order valence-corrected chi connectivity index (χ4v) is 3.34. The van der Waals surface area contributed by atoms with Gasteiger partial charge in [0.2, 0.25) is 0 Å². The van der Waals surface area contributed by atoms with E-state index in [1.807, 2.05) is 59.1 Å². The molecule has 7 heteroatoms. The average molecular weight is 371 g/mol. The zero-order valence-corrected chi connectivity index (χ0v) is 16.8. The summed E-state index contributed by atoms with van der Waals surface area (Å²) in [5.41, 5.74) is 1.23. The number of fused-ring (bicyclic) bond motifs is 1. The van der Waals surface area contributed by atoms with Gasteiger partial charge in [0.15, 0.2) is 11.6 Å². The highest BCUT2D eigenvalue weighted by molar-refractivity contribution is 5.80. The van der Waals surface area contributed by atoms with Gasteiger partial charge in [-0.3, -0.25) is 0 Å². The molecular formula is C20H29N5O2.